The molecule has 0 aliphatic heterocycles. The Morgan fingerprint density at radius 3 is 2.04 bits per heavy atom. The average Bonchev–Trinajstić information content (AvgIpc) is 2.56. The highest BCUT2D eigenvalue weighted by Gasteiger charge is 2.10. The Bertz CT molecular complexity index is 598. The highest BCUT2D eigenvalue weighted by atomic mass is 35.5. The standard InChI is InChI=1S/C19H23ClO3/c1-3-14-12-17(21)13-15(4-2)19(14)23-11-5-10-22-18-8-6-16(20)7-9-18/h6-9,12-13,21H,3-5,10-11H2,1-2H3. The zero-order valence-electron chi connectivity index (χ0n) is 13.6. The van der Waals surface area contributed by atoms with Gasteiger partial charge in [-0.25, -0.2) is 0 Å². The highest BCUT2D eigenvalue weighted by molar-refractivity contribution is 6.30. The van der Waals surface area contributed by atoms with Crippen molar-refractivity contribution in [1.29, 1.82) is 0 Å². The molecule has 0 unspecified atom stereocenters. The number of benzene rings is 2. The van der Waals surface area contributed by atoms with Crippen molar-refractivity contribution in [1.82, 2.24) is 0 Å². The summed E-state index contributed by atoms with van der Waals surface area (Å²) in [5, 5.41) is 10.5. The molecular formula is C19H23ClO3. The van der Waals surface area contributed by atoms with Gasteiger partial charge >= 0.3 is 0 Å². The molecule has 0 spiro atoms. The number of hydrogen-bond donors (Lipinski definition) is 1. The normalized spacial score (nSPS) is 10.6. The van der Waals surface area contributed by atoms with E-state index in [9.17, 15) is 5.11 Å². The van der Waals surface area contributed by atoms with E-state index in [1.165, 1.54) is 0 Å². The molecule has 0 fully saturated rings. The third kappa shape index (κ3) is 5.07. The highest BCUT2D eigenvalue weighted by Crippen LogP contribution is 2.30. The molecule has 0 aliphatic carbocycles. The summed E-state index contributed by atoms with van der Waals surface area (Å²) < 4.78 is 11.6. The summed E-state index contributed by atoms with van der Waals surface area (Å²) in [6, 6.07) is 10.9. The maximum absolute atomic E-state index is 9.75. The first-order chi connectivity index (χ1) is 11.1. The number of hydrogen-bond acceptors (Lipinski definition) is 3. The summed E-state index contributed by atoms with van der Waals surface area (Å²) in [5.41, 5.74) is 2.08. The molecule has 0 saturated carbocycles. The van der Waals surface area contributed by atoms with Crippen molar-refractivity contribution < 1.29 is 14.6 Å². The first-order valence-corrected chi connectivity index (χ1v) is 8.37. The summed E-state index contributed by atoms with van der Waals surface area (Å²) in [4.78, 5) is 0. The number of phenols is 1. The molecule has 0 saturated heterocycles. The molecule has 0 aliphatic rings. The van der Waals surface area contributed by atoms with Crippen LogP contribution in [0.5, 0.6) is 17.2 Å². The largest absolute Gasteiger partial charge is 0.508 e. The van der Waals surface area contributed by atoms with E-state index in [0.717, 1.165) is 41.9 Å². The van der Waals surface area contributed by atoms with Gasteiger partial charge in [-0.05, 0) is 60.4 Å². The molecule has 2 aromatic carbocycles. The van der Waals surface area contributed by atoms with E-state index in [4.69, 9.17) is 21.1 Å². The summed E-state index contributed by atoms with van der Waals surface area (Å²) in [7, 11) is 0. The van der Waals surface area contributed by atoms with Gasteiger partial charge in [-0.1, -0.05) is 25.4 Å². The predicted octanol–water partition coefficient (Wildman–Crippen LogP) is 5.02. The van der Waals surface area contributed by atoms with Gasteiger partial charge in [-0.2, -0.15) is 0 Å². The topological polar surface area (TPSA) is 38.7 Å². The van der Waals surface area contributed by atoms with E-state index in [-0.39, 0.29) is 0 Å². The lowest BCUT2D eigenvalue weighted by molar-refractivity contribution is 0.245. The first kappa shape index (κ1) is 17.5. The molecule has 23 heavy (non-hydrogen) atoms. The van der Waals surface area contributed by atoms with E-state index in [2.05, 4.69) is 13.8 Å². The maximum atomic E-state index is 9.75. The smallest absolute Gasteiger partial charge is 0.125 e. The molecule has 2 rings (SSSR count). The lowest BCUT2D eigenvalue weighted by Gasteiger charge is -2.15. The summed E-state index contributed by atoms with van der Waals surface area (Å²) >= 11 is 5.84. The molecule has 0 atom stereocenters. The average molecular weight is 335 g/mol. The van der Waals surface area contributed by atoms with Crippen LogP contribution in [0, 0.1) is 0 Å². The van der Waals surface area contributed by atoms with E-state index in [0.29, 0.717) is 24.0 Å². The van der Waals surface area contributed by atoms with Crippen LogP contribution >= 0.6 is 11.6 Å². The van der Waals surface area contributed by atoms with Crippen LogP contribution in [0.15, 0.2) is 36.4 Å². The minimum absolute atomic E-state index is 0.303. The molecular weight excluding hydrogens is 312 g/mol. The molecule has 4 heteroatoms. The Morgan fingerprint density at radius 1 is 0.913 bits per heavy atom. The lowest BCUT2D eigenvalue weighted by atomic mass is 10.0. The van der Waals surface area contributed by atoms with Gasteiger partial charge in [-0.15, -0.1) is 0 Å². The summed E-state index contributed by atoms with van der Waals surface area (Å²) in [6.45, 7) is 5.29. The van der Waals surface area contributed by atoms with Crippen LogP contribution in [0.25, 0.3) is 0 Å². The van der Waals surface area contributed by atoms with Crippen LogP contribution in [-0.4, -0.2) is 18.3 Å². The minimum atomic E-state index is 0.303. The molecule has 0 aromatic heterocycles. The number of aromatic hydroxyl groups is 1. The van der Waals surface area contributed by atoms with Crippen molar-refractivity contribution in [2.24, 2.45) is 0 Å². The van der Waals surface area contributed by atoms with Gasteiger partial charge in [0.05, 0.1) is 13.2 Å². The molecule has 0 radical (unpaired) electrons. The number of halogens is 1. The van der Waals surface area contributed by atoms with E-state index >= 15 is 0 Å². The fourth-order valence-corrected chi connectivity index (χ4v) is 2.53. The van der Waals surface area contributed by atoms with Crippen molar-refractivity contribution in [3.8, 4) is 17.2 Å². The van der Waals surface area contributed by atoms with Crippen LogP contribution in [0.3, 0.4) is 0 Å². The zero-order valence-corrected chi connectivity index (χ0v) is 14.4. The van der Waals surface area contributed by atoms with Crippen molar-refractivity contribution in [2.75, 3.05) is 13.2 Å². The summed E-state index contributed by atoms with van der Waals surface area (Å²) in [6.07, 6.45) is 2.45. The number of phenolic OH excluding ortho intramolecular Hbond substituents is 1. The Hall–Kier alpha value is -1.87. The molecule has 1 N–H and O–H groups in total. The van der Waals surface area contributed by atoms with Gasteiger partial charge in [0.1, 0.15) is 17.2 Å². The van der Waals surface area contributed by atoms with Crippen LogP contribution in [0.2, 0.25) is 5.02 Å². The second kappa shape index (κ2) is 8.68. The number of rotatable bonds is 8. The van der Waals surface area contributed by atoms with Crippen LogP contribution in [0.1, 0.15) is 31.4 Å². The van der Waals surface area contributed by atoms with E-state index < -0.39 is 0 Å². The van der Waals surface area contributed by atoms with Gasteiger partial charge < -0.3 is 14.6 Å². The van der Waals surface area contributed by atoms with Crippen molar-refractivity contribution >= 4 is 11.6 Å². The van der Waals surface area contributed by atoms with Crippen molar-refractivity contribution in [3.05, 3.63) is 52.5 Å². The SMILES string of the molecule is CCc1cc(O)cc(CC)c1OCCCOc1ccc(Cl)cc1. The third-order valence-electron chi connectivity index (χ3n) is 3.61. The van der Waals surface area contributed by atoms with Gasteiger partial charge in [0.25, 0.3) is 0 Å². The molecule has 124 valence electrons. The fourth-order valence-electron chi connectivity index (χ4n) is 2.40. The lowest BCUT2D eigenvalue weighted by Crippen LogP contribution is -2.07. The van der Waals surface area contributed by atoms with Gasteiger partial charge in [0.2, 0.25) is 0 Å². The maximum Gasteiger partial charge on any atom is 0.125 e. The molecule has 0 bridgehead atoms. The second-order valence-electron chi connectivity index (χ2n) is 5.30. The minimum Gasteiger partial charge on any atom is -0.508 e. The third-order valence-corrected chi connectivity index (χ3v) is 3.86. The number of aryl methyl sites for hydroxylation is 2. The molecule has 0 heterocycles. The monoisotopic (exact) mass is 334 g/mol. The second-order valence-corrected chi connectivity index (χ2v) is 5.74. The van der Waals surface area contributed by atoms with Crippen LogP contribution < -0.4 is 9.47 Å². The first-order valence-electron chi connectivity index (χ1n) is 8.00. The zero-order chi connectivity index (χ0) is 16.7. The van der Waals surface area contributed by atoms with Crippen molar-refractivity contribution in [2.45, 2.75) is 33.1 Å². The van der Waals surface area contributed by atoms with Gasteiger partial charge in [0.15, 0.2) is 0 Å². The van der Waals surface area contributed by atoms with Gasteiger partial charge in [-0.3, -0.25) is 0 Å². The quantitative estimate of drug-likeness (QED) is 0.689. The fraction of sp³-hybridized carbons (Fsp3) is 0.368. The molecule has 0 amide bonds. The predicted molar refractivity (Wildman–Crippen MR) is 93.9 cm³/mol. The van der Waals surface area contributed by atoms with Crippen LogP contribution in [0.4, 0.5) is 0 Å². The van der Waals surface area contributed by atoms with Crippen LogP contribution in [-0.2, 0) is 12.8 Å². The van der Waals surface area contributed by atoms with E-state index in [1.54, 1.807) is 12.1 Å². The molecule has 3 nitrogen and oxygen atoms in total. The summed E-state index contributed by atoms with van der Waals surface area (Å²) in [5.74, 6) is 2.01. The van der Waals surface area contributed by atoms with E-state index in [1.807, 2.05) is 24.3 Å². The Morgan fingerprint density at radius 2 is 1.48 bits per heavy atom. The Balaban J connectivity index is 1.85. The van der Waals surface area contributed by atoms with Crippen molar-refractivity contribution in [3.63, 3.8) is 0 Å². The molecule has 2 aromatic rings. The van der Waals surface area contributed by atoms with Gasteiger partial charge in [0, 0.05) is 11.4 Å². The number of ether oxygens (including phenoxy) is 2. The Kier molecular flexibility index (Phi) is 6.60. The Labute approximate surface area is 142 Å².